The van der Waals surface area contributed by atoms with Crippen LogP contribution in [0.2, 0.25) is 0 Å². The van der Waals surface area contributed by atoms with Crippen molar-refractivity contribution in [2.45, 2.75) is 33.8 Å². The Kier molecular flexibility index (Phi) is 5.81. The van der Waals surface area contributed by atoms with E-state index in [4.69, 9.17) is 9.05 Å². The normalized spacial score (nSPS) is 16.5. The lowest BCUT2D eigenvalue weighted by atomic mass is 10.5. The molecule has 80 valence electrons. The molecule has 0 saturated carbocycles. The highest BCUT2D eigenvalue weighted by atomic mass is 31.2. The first-order valence-electron chi connectivity index (χ1n) is 4.59. The van der Waals surface area contributed by atoms with Crippen LogP contribution < -0.4 is 0 Å². The summed E-state index contributed by atoms with van der Waals surface area (Å²) >= 11 is 0. The Morgan fingerprint density at radius 2 is 1.77 bits per heavy atom. The van der Waals surface area contributed by atoms with E-state index < -0.39 is 7.75 Å². The number of rotatable bonds is 6. The summed E-state index contributed by atoms with van der Waals surface area (Å²) in [4.78, 5) is 0. The Morgan fingerprint density at radius 3 is 2.00 bits per heavy atom. The Bertz CT molecular complexity index is 180. The maximum absolute atomic E-state index is 12.0. The average molecular weight is 209 g/mol. The second-order valence-corrected chi connectivity index (χ2v) is 5.02. The van der Waals surface area contributed by atoms with Gasteiger partial charge in [0.2, 0.25) is 0 Å². The molecule has 0 N–H and O–H groups in total. The zero-order valence-electron chi connectivity index (χ0n) is 9.11. The van der Waals surface area contributed by atoms with Crippen LogP contribution in [0.3, 0.4) is 0 Å². The van der Waals surface area contributed by atoms with E-state index >= 15 is 0 Å². The van der Waals surface area contributed by atoms with Crippen LogP contribution in [0.15, 0.2) is 0 Å². The van der Waals surface area contributed by atoms with Crippen LogP contribution >= 0.6 is 7.75 Å². The van der Waals surface area contributed by atoms with Gasteiger partial charge in [0.05, 0.1) is 6.10 Å². The van der Waals surface area contributed by atoms with Crippen LogP contribution in [-0.4, -0.2) is 31.0 Å². The third kappa shape index (κ3) is 3.77. The Balaban J connectivity index is 4.50. The van der Waals surface area contributed by atoms with Crippen molar-refractivity contribution in [1.29, 1.82) is 0 Å². The predicted molar refractivity (Wildman–Crippen MR) is 53.8 cm³/mol. The van der Waals surface area contributed by atoms with Crippen LogP contribution in [0, 0.1) is 0 Å². The minimum atomic E-state index is -3.03. The van der Waals surface area contributed by atoms with Crippen molar-refractivity contribution in [3.8, 4) is 0 Å². The molecule has 0 aliphatic carbocycles. The molecule has 1 unspecified atom stereocenters. The molecule has 1 atom stereocenters. The lowest BCUT2D eigenvalue weighted by Crippen LogP contribution is -2.23. The third-order valence-electron chi connectivity index (χ3n) is 1.65. The molecular formula is C8H20NO3P. The topological polar surface area (TPSA) is 38.8 Å². The zero-order chi connectivity index (χ0) is 10.5. The minimum Gasteiger partial charge on any atom is -0.300 e. The van der Waals surface area contributed by atoms with Gasteiger partial charge in [-0.1, -0.05) is 13.8 Å². The highest BCUT2D eigenvalue weighted by Gasteiger charge is 2.31. The van der Waals surface area contributed by atoms with Crippen molar-refractivity contribution in [1.82, 2.24) is 4.67 Å². The molecular weight excluding hydrogens is 189 g/mol. The molecule has 5 heteroatoms. The van der Waals surface area contributed by atoms with Crippen molar-refractivity contribution >= 4 is 7.75 Å². The van der Waals surface area contributed by atoms with Gasteiger partial charge in [0, 0.05) is 20.2 Å². The molecule has 0 saturated heterocycles. The van der Waals surface area contributed by atoms with Gasteiger partial charge in [0.15, 0.2) is 0 Å². The van der Waals surface area contributed by atoms with Crippen molar-refractivity contribution in [3.63, 3.8) is 0 Å². The van der Waals surface area contributed by atoms with Gasteiger partial charge >= 0.3 is 7.75 Å². The molecule has 0 aromatic rings. The number of hydrogen-bond acceptors (Lipinski definition) is 3. The molecule has 0 aromatic heterocycles. The highest BCUT2D eigenvalue weighted by molar-refractivity contribution is 7.51. The summed E-state index contributed by atoms with van der Waals surface area (Å²) in [6.45, 7) is 8.87. The summed E-state index contributed by atoms with van der Waals surface area (Å²) in [6, 6.07) is 0. The lowest BCUT2D eigenvalue weighted by molar-refractivity contribution is 0.148. The SMILES string of the molecule is CCN(CC)P(=O)(OC)OC(C)C. The summed E-state index contributed by atoms with van der Waals surface area (Å²) < 4.78 is 24.0. The van der Waals surface area contributed by atoms with E-state index in [2.05, 4.69) is 0 Å². The second-order valence-electron chi connectivity index (χ2n) is 2.94. The van der Waals surface area contributed by atoms with Crippen LogP contribution in [0.25, 0.3) is 0 Å². The average Bonchev–Trinajstić information content (AvgIpc) is 2.05. The Hall–Kier alpha value is 0.110. The molecule has 0 bridgehead atoms. The standard InChI is InChI=1S/C8H20NO3P/c1-6-9(7-2)13(10,11-5)12-8(3)4/h8H,6-7H2,1-5H3. The van der Waals surface area contributed by atoms with Crippen LogP contribution in [-0.2, 0) is 13.6 Å². The highest BCUT2D eigenvalue weighted by Crippen LogP contribution is 2.51. The molecule has 4 nitrogen and oxygen atoms in total. The summed E-state index contributed by atoms with van der Waals surface area (Å²) in [5.41, 5.74) is 0. The third-order valence-corrected chi connectivity index (χ3v) is 4.06. The fraction of sp³-hybridized carbons (Fsp3) is 1.00. The van der Waals surface area contributed by atoms with Crippen LogP contribution in [0.1, 0.15) is 27.7 Å². The minimum absolute atomic E-state index is 0.0913. The molecule has 0 radical (unpaired) electrons. The Morgan fingerprint density at radius 1 is 1.31 bits per heavy atom. The summed E-state index contributed by atoms with van der Waals surface area (Å²) in [5, 5.41) is 0. The fourth-order valence-corrected chi connectivity index (χ4v) is 2.74. The molecule has 0 heterocycles. The van der Waals surface area contributed by atoms with Gasteiger partial charge in [-0.25, -0.2) is 9.24 Å². The van der Waals surface area contributed by atoms with Gasteiger partial charge in [0.1, 0.15) is 0 Å². The second kappa shape index (κ2) is 5.76. The first-order valence-corrected chi connectivity index (χ1v) is 6.09. The van der Waals surface area contributed by atoms with Gasteiger partial charge in [-0.05, 0) is 13.8 Å². The largest absolute Gasteiger partial charge is 0.408 e. The van der Waals surface area contributed by atoms with E-state index in [1.54, 1.807) is 4.67 Å². The van der Waals surface area contributed by atoms with E-state index in [1.807, 2.05) is 27.7 Å². The lowest BCUT2D eigenvalue weighted by Gasteiger charge is -2.28. The van der Waals surface area contributed by atoms with Gasteiger partial charge in [-0.3, -0.25) is 9.05 Å². The number of hydrogen-bond donors (Lipinski definition) is 0. The first kappa shape index (κ1) is 13.1. The molecule has 0 aliphatic rings. The summed E-state index contributed by atoms with van der Waals surface area (Å²) in [7, 11) is -1.62. The Labute approximate surface area is 80.8 Å². The monoisotopic (exact) mass is 209 g/mol. The van der Waals surface area contributed by atoms with Crippen molar-refractivity contribution < 1.29 is 13.6 Å². The van der Waals surface area contributed by atoms with Gasteiger partial charge in [0.25, 0.3) is 0 Å². The van der Waals surface area contributed by atoms with Crippen molar-refractivity contribution in [2.75, 3.05) is 20.2 Å². The molecule has 13 heavy (non-hydrogen) atoms. The van der Waals surface area contributed by atoms with Gasteiger partial charge < -0.3 is 0 Å². The van der Waals surface area contributed by atoms with Crippen LogP contribution in [0.5, 0.6) is 0 Å². The summed E-state index contributed by atoms with van der Waals surface area (Å²) in [5.74, 6) is 0. The molecule has 0 spiro atoms. The van der Waals surface area contributed by atoms with E-state index in [1.165, 1.54) is 7.11 Å². The number of nitrogens with zero attached hydrogens (tertiary/aromatic N) is 1. The zero-order valence-corrected chi connectivity index (χ0v) is 10.0. The molecule has 0 fully saturated rings. The van der Waals surface area contributed by atoms with Gasteiger partial charge in [-0.2, -0.15) is 0 Å². The molecule has 0 aromatic carbocycles. The van der Waals surface area contributed by atoms with E-state index in [-0.39, 0.29) is 6.10 Å². The maximum Gasteiger partial charge on any atom is 0.408 e. The molecule has 0 aliphatic heterocycles. The summed E-state index contributed by atoms with van der Waals surface area (Å²) in [6.07, 6.45) is -0.0913. The predicted octanol–water partition coefficient (Wildman–Crippen LogP) is 2.51. The van der Waals surface area contributed by atoms with E-state index in [0.29, 0.717) is 13.1 Å². The first-order chi connectivity index (χ1) is 6.00. The van der Waals surface area contributed by atoms with E-state index in [0.717, 1.165) is 0 Å². The van der Waals surface area contributed by atoms with Crippen molar-refractivity contribution in [3.05, 3.63) is 0 Å². The van der Waals surface area contributed by atoms with E-state index in [9.17, 15) is 4.57 Å². The quantitative estimate of drug-likeness (QED) is 0.630. The smallest absolute Gasteiger partial charge is 0.300 e. The fourth-order valence-electron chi connectivity index (χ4n) is 1.06. The maximum atomic E-state index is 12.0. The molecule has 0 amide bonds. The van der Waals surface area contributed by atoms with Crippen molar-refractivity contribution in [2.24, 2.45) is 0 Å². The van der Waals surface area contributed by atoms with Crippen LogP contribution in [0.4, 0.5) is 0 Å². The van der Waals surface area contributed by atoms with Gasteiger partial charge in [-0.15, -0.1) is 0 Å². The molecule has 0 rings (SSSR count).